The Bertz CT molecular complexity index is 442. The highest BCUT2D eigenvalue weighted by Gasteiger charge is 2.17. The fraction of sp³-hybridized carbons (Fsp3) is 0.529. The van der Waals surface area contributed by atoms with Crippen LogP contribution in [0, 0.1) is 18.8 Å². The summed E-state index contributed by atoms with van der Waals surface area (Å²) >= 11 is 0. The summed E-state index contributed by atoms with van der Waals surface area (Å²) in [5.74, 6) is 6.54. The number of rotatable bonds is 2. The average Bonchev–Trinajstić information content (AvgIpc) is 2.41. The van der Waals surface area contributed by atoms with Gasteiger partial charge in [-0.3, -0.25) is 9.80 Å². The van der Waals surface area contributed by atoms with Gasteiger partial charge >= 0.3 is 0 Å². The van der Waals surface area contributed by atoms with Crippen LogP contribution in [-0.2, 0) is 0 Å². The van der Waals surface area contributed by atoms with Crippen LogP contribution in [0.1, 0.15) is 25.0 Å². The number of hydrogen-bond acceptors (Lipinski definition) is 2. The molecule has 1 fully saturated rings. The molecule has 19 heavy (non-hydrogen) atoms. The standard InChI is InChI=1S/C17H24N2/c1-15(2)19-13-11-18(12-14-19)10-4-5-17-8-6-16(3)7-9-17/h6-9,15H,10-14H2,1-3H3. The minimum absolute atomic E-state index is 0.667. The molecule has 1 aliphatic heterocycles. The molecule has 1 heterocycles. The van der Waals surface area contributed by atoms with E-state index in [2.05, 4.69) is 66.7 Å². The number of piperazine rings is 1. The number of hydrogen-bond donors (Lipinski definition) is 0. The van der Waals surface area contributed by atoms with E-state index in [0.717, 1.165) is 25.2 Å². The van der Waals surface area contributed by atoms with Crippen LogP contribution >= 0.6 is 0 Å². The van der Waals surface area contributed by atoms with Crippen molar-refractivity contribution in [3.63, 3.8) is 0 Å². The number of benzene rings is 1. The second-order valence-electron chi connectivity index (χ2n) is 5.57. The van der Waals surface area contributed by atoms with E-state index in [1.165, 1.54) is 18.7 Å². The van der Waals surface area contributed by atoms with Crippen molar-refractivity contribution in [1.82, 2.24) is 9.80 Å². The summed E-state index contributed by atoms with van der Waals surface area (Å²) in [6.07, 6.45) is 0. The summed E-state index contributed by atoms with van der Waals surface area (Å²) in [5, 5.41) is 0. The van der Waals surface area contributed by atoms with Crippen molar-refractivity contribution in [2.24, 2.45) is 0 Å². The van der Waals surface area contributed by atoms with Crippen LogP contribution < -0.4 is 0 Å². The van der Waals surface area contributed by atoms with Crippen LogP contribution in [-0.4, -0.2) is 48.6 Å². The summed E-state index contributed by atoms with van der Waals surface area (Å²) in [7, 11) is 0. The Balaban J connectivity index is 1.79. The van der Waals surface area contributed by atoms with Gasteiger partial charge in [0.25, 0.3) is 0 Å². The molecule has 0 bridgehead atoms. The summed E-state index contributed by atoms with van der Waals surface area (Å²) < 4.78 is 0. The minimum atomic E-state index is 0.667. The molecule has 2 rings (SSSR count). The molecule has 0 radical (unpaired) electrons. The van der Waals surface area contributed by atoms with Crippen LogP contribution in [0.5, 0.6) is 0 Å². The molecule has 0 aromatic heterocycles. The Kier molecular flexibility index (Phi) is 5.01. The zero-order valence-electron chi connectivity index (χ0n) is 12.3. The molecular weight excluding hydrogens is 232 g/mol. The third-order valence-electron chi connectivity index (χ3n) is 3.72. The van der Waals surface area contributed by atoms with E-state index in [9.17, 15) is 0 Å². The first-order valence-corrected chi connectivity index (χ1v) is 7.17. The van der Waals surface area contributed by atoms with Crippen LogP contribution in [0.3, 0.4) is 0 Å². The van der Waals surface area contributed by atoms with Gasteiger partial charge in [-0.1, -0.05) is 29.5 Å². The largest absolute Gasteiger partial charge is 0.298 e. The van der Waals surface area contributed by atoms with Crippen molar-refractivity contribution < 1.29 is 0 Å². The lowest BCUT2D eigenvalue weighted by molar-refractivity contribution is 0.118. The quantitative estimate of drug-likeness (QED) is 0.750. The Morgan fingerprint density at radius 3 is 2.26 bits per heavy atom. The lowest BCUT2D eigenvalue weighted by Crippen LogP contribution is -2.48. The van der Waals surface area contributed by atoms with Gasteiger partial charge in [-0.25, -0.2) is 0 Å². The van der Waals surface area contributed by atoms with Crippen molar-refractivity contribution >= 4 is 0 Å². The Morgan fingerprint density at radius 1 is 1.05 bits per heavy atom. The molecular formula is C17H24N2. The predicted molar refractivity (Wildman–Crippen MR) is 81.2 cm³/mol. The maximum absolute atomic E-state index is 3.29. The molecule has 1 aromatic carbocycles. The highest BCUT2D eigenvalue weighted by molar-refractivity contribution is 5.35. The number of nitrogens with zero attached hydrogens (tertiary/aromatic N) is 2. The summed E-state index contributed by atoms with van der Waals surface area (Å²) in [6, 6.07) is 9.09. The van der Waals surface area contributed by atoms with Gasteiger partial charge in [-0.15, -0.1) is 0 Å². The molecule has 0 aliphatic carbocycles. The Hall–Kier alpha value is -1.30. The fourth-order valence-electron chi connectivity index (χ4n) is 2.33. The van der Waals surface area contributed by atoms with Crippen molar-refractivity contribution in [3.05, 3.63) is 35.4 Å². The van der Waals surface area contributed by atoms with E-state index in [1.807, 2.05) is 0 Å². The predicted octanol–water partition coefficient (Wildman–Crippen LogP) is 2.37. The van der Waals surface area contributed by atoms with Gasteiger partial charge in [0.15, 0.2) is 0 Å². The lowest BCUT2D eigenvalue weighted by Gasteiger charge is -2.36. The molecule has 2 nitrogen and oxygen atoms in total. The molecule has 0 saturated carbocycles. The summed E-state index contributed by atoms with van der Waals surface area (Å²) in [5.41, 5.74) is 2.40. The summed E-state index contributed by atoms with van der Waals surface area (Å²) in [6.45, 7) is 12.2. The van der Waals surface area contributed by atoms with E-state index in [-0.39, 0.29) is 0 Å². The Morgan fingerprint density at radius 2 is 1.68 bits per heavy atom. The average molecular weight is 256 g/mol. The monoisotopic (exact) mass is 256 g/mol. The number of aryl methyl sites for hydroxylation is 1. The van der Waals surface area contributed by atoms with Crippen molar-refractivity contribution in [3.8, 4) is 11.8 Å². The molecule has 0 amide bonds. The maximum atomic E-state index is 3.29. The molecule has 102 valence electrons. The minimum Gasteiger partial charge on any atom is -0.298 e. The van der Waals surface area contributed by atoms with E-state index < -0.39 is 0 Å². The highest BCUT2D eigenvalue weighted by Crippen LogP contribution is 2.05. The first kappa shape index (κ1) is 14.1. The van der Waals surface area contributed by atoms with Gasteiger partial charge in [0.2, 0.25) is 0 Å². The molecule has 0 N–H and O–H groups in total. The first-order valence-electron chi connectivity index (χ1n) is 7.17. The third-order valence-corrected chi connectivity index (χ3v) is 3.72. The highest BCUT2D eigenvalue weighted by atomic mass is 15.3. The molecule has 1 aromatic rings. The summed E-state index contributed by atoms with van der Waals surface area (Å²) in [4.78, 5) is 4.98. The van der Waals surface area contributed by atoms with Crippen molar-refractivity contribution in [2.45, 2.75) is 26.8 Å². The second-order valence-corrected chi connectivity index (χ2v) is 5.57. The van der Waals surface area contributed by atoms with Gasteiger partial charge in [0.1, 0.15) is 0 Å². The second kappa shape index (κ2) is 6.75. The molecule has 1 aliphatic rings. The van der Waals surface area contributed by atoms with Gasteiger partial charge in [-0.05, 0) is 32.9 Å². The fourth-order valence-corrected chi connectivity index (χ4v) is 2.33. The Labute approximate surface area is 117 Å². The molecule has 1 saturated heterocycles. The third kappa shape index (κ3) is 4.38. The van der Waals surface area contributed by atoms with Crippen LogP contribution in [0.4, 0.5) is 0 Å². The van der Waals surface area contributed by atoms with E-state index in [0.29, 0.717) is 6.04 Å². The lowest BCUT2D eigenvalue weighted by atomic mass is 10.1. The van der Waals surface area contributed by atoms with Crippen LogP contribution in [0.15, 0.2) is 24.3 Å². The van der Waals surface area contributed by atoms with Crippen molar-refractivity contribution in [2.75, 3.05) is 32.7 Å². The van der Waals surface area contributed by atoms with Crippen LogP contribution in [0.2, 0.25) is 0 Å². The molecule has 0 atom stereocenters. The topological polar surface area (TPSA) is 6.48 Å². The zero-order valence-corrected chi connectivity index (χ0v) is 12.3. The zero-order chi connectivity index (χ0) is 13.7. The smallest absolute Gasteiger partial charge is 0.0606 e. The van der Waals surface area contributed by atoms with Crippen LogP contribution in [0.25, 0.3) is 0 Å². The van der Waals surface area contributed by atoms with Gasteiger partial charge in [0, 0.05) is 37.8 Å². The SMILES string of the molecule is Cc1ccc(C#CCN2CCN(C(C)C)CC2)cc1. The van der Waals surface area contributed by atoms with Crippen molar-refractivity contribution in [1.29, 1.82) is 0 Å². The van der Waals surface area contributed by atoms with Gasteiger partial charge < -0.3 is 0 Å². The van der Waals surface area contributed by atoms with Gasteiger partial charge in [0.05, 0.1) is 6.54 Å². The van der Waals surface area contributed by atoms with E-state index >= 15 is 0 Å². The normalized spacial score (nSPS) is 17.3. The van der Waals surface area contributed by atoms with Gasteiger partial charge in [-0.2, -0.15) is 0 Å². The van der Waals surface area contributed by atoms with E-state index in [1.54, 1.807) is 0 Å². The molecule has 0 spiro atoms. The molecule has 2 heteroatoms. The maximum Gasteiger partial charge on any atom is 0.0606 e. The first-order chi connectivity index (χ1) is 9.15. The van der Waals surface area contributed by atoms with E-state index in [4.69, 9.17) is 0 Å². The molecule has 0 unspecified atom stereocenters.